The Morgan fingerprint density at radius 2 is 1.61 bits per heavy atom. The number of nitrogens with one attached hydrogen (secondary N) is 1. The molecule has 2 rings (SSSR count). The number of hydrogen-bond acceptors (Lipinski definition) is 4. The molecule has 5 nitrogen and oxygen atoms in total. The number of hydrogen-bond donors (Lipinski definition) is 1. The Labute approximate surface area is 180 Å². The molecule has 152 valence electrons. The minimum absolute atomic E-state index is 0.354. The lowest BCUT2D eigenvalue weighted by Crippen LogP contribution is -2.48. The third-order valence-corrected chi connectivity index (χ3v) is 6.67. The van der Waals surface area contributed by atoms with Crippen molar-refractivity contribution in [1.82, 2.24) is 5.32 Å². The number of carbonyl (C=O) groups excluding carboxylic acids is 1. The van der Waals surface area contributed by atoms with Crippen LogP contribution in [-0.2, 0) is 20.6 Å². The normalized spacial score (nSPS) is 12.4. The first-order valence-corrected chi connectivity index (χ1v) is 12.3. The third-order valence-electron chi connectivity index (χ3n) is 3.90. The monoisotopic (exact) mass is 460 g/mol. The fourth-order valence-corrected chi connectivity index (χ4v) is 4.81. The maximum atomic E-state index is 12.5. The topological polar surface area (TPSA) is 66.5 Å². The molecule has 9 heteroatoms. The van der Waals surface area contributed by atoms with Gasteiger partial charge in [0.2, 0.25) is 15.9 Å². The second-order valence-corrected chi connectivity index (χ2v) is 10.0. The fraction of sp³-hybridized carbons (Fsp3) is 0.316. The molecule has 0 aromatic heterocycles. The molecule has 0 aliphatic heterocycles. The standard InChI is InChI=1S/C19H22Cl2N2O3S2/c1-14(23(28(2,25)26)18-9-7-17(21)8-10-18)19(24)22-11-12-27-13-15-3-5-16(20)6-4-15/h3-10,14H,11-13H2,1-2H3,(H,22,24). The number of sulfonamides is 1. The molecule has 0 bridgehead atoms. The van der Waals surface area contributed by atoms with Gasteiger partial charge in [-0.05, 0) is 48.9 Å². The van der Waals surface area contributed by atoms with Gasteiger partial charge in [0.1, 0.15) is 6.04 Å². The molecule has 28 heavy (non-hydrogen) atoms. The smallest absolute Gasteiger partial charge is 0.243 e. The summed E-state index contributed by atoms with van der Waals surface area (Å²) in [7, 11) is -3.64. The van der Waals surface area contributed by atoms with Crippen LogP contribution in [0.25, 0.3) is 0 Å². The van der Waals surface area contributed by atoms with Crippen molar-refractivity contribution in [1.29, 1.82) is 0 Å². The summed E-state index contributed by atoms with van der Waals surface area (Å²) in [5, 5.41) is 3.99. The van der Waals surface area contributed by atoms with Gasteiger partial charge in [0, 0.05) is 28.1 Å². The lowest BCUT2D eigenvalue weighted by Gasteiger charge is -2.28. The van der Waals surface area contributed by atoms with Crippen LogP contribution in [0.4, 0.5) is 5.69 Å². The average molecular weight is 461 g/mol. The van der Waals surface area contributed by atoms with Gasteiger partial charge in [-0.1, -0.05) is 35.3 Å². The van der Waals surface area contributed by atoms with Crippen molar-refractivity contribution in [3.8, 4) is 0 Å². The van der Waals surface area contributed by atoms with Crippen LogP contribution in [0.15, 0.2) is 48.5 Å². The highest BCUT2D eigenvalue weighted by atomic mass is 35.5. The molecule has 2 aromatic carbocycles. The second-order valence-electron chi connectivity index (χ2n) is 6.18. The first kappa shape index (κ1) is 22.9. The number of anilines is 1. The maximum absolute atomic E-state index is 12.5. The van der Waals surface area contributed by atoms with E-state index in [0.717, 1.165) is 21.9 Å². The molecule has 0 saturated heterocycles. The Kier molecular flexibility index (Phi) is 8.49. The highest BCUT2D eigenvalue weighted by Gasteiger charge is 2.28. The molecule has 0 aliphatic rings. The van der Waals surface area contributed by atoms with Gasteiger partial charge in [-0.25, -0.2) is 8.42 Å². The second kappa shape index (κ2) is 10.4. The summed E-state index contributed by atoms with van der Waals surface area (Å²) in [6.07, 6.45) is 1.08. The molecule has 1 atom stereocenters. The van der Waals surface area contributed by atoms with Gasteiger partial charge >= 0.3 is 0 Å². The van der Waals surface area contributed by atoms with Crippen molar-refractivity contribution in [2.45, 2.75) is 18.7 Å². The zero-order valence-electron chi connectivity index (χ0n) is 15.6. The van der Waals surface area contributed by atoms with E-state index in [0.29, 0.717) is 28.0 Å². The van der Waals surface area contributed by atoms with Crippen LogP contribution in [0.1, 0.15) is 12.5 Å². The Morgan fingerprint density at radius 3 is 2.14 bits per heavy atom. The number of rotatable bonds is 9. The highest BCUT2D eigenvalue weighted by molar-refractivity contribution is 7.98. The van der Waals surface area contributed by atoms with Crippen LogP contribution in [0.5, 0.6) is 0 Å². The molecule has 1 unspecified atom stereocenters. The van der Waals surface area contributed by atoms with Crippen molar-refractivity contribution in [3.63, 3.8) is 0 Å². The molecule has 0 radical (unpaired) electrons. The van der Waals surface area contributed by atoms with E-state index < -0.39 is 16.1 Å². The van der Waals surface area contributed by atoms with Gasteiger partial charge in [0.15, 0.2) is 0 Å². The Hall–Kier alpha value is -1.41. The van der Waals surface area contributed by atoms with Gasteiger partial charge in [0.05, 0.1) is 11.9 Å². The van der Waals surface area contributed by atoms with Crippen LogP contribution in [0, 0.1) is 0 Å². The predicted octanol–water partition coefficient (Wildman–Crippen LogP) is 4.20. The molecule has 1 N–H and O–H groups in total. The van der Waals surface area contributed by atoms with E-state index >= 15 is 0 Å². The third kappa shape index (κ3) is 6.88. The first-order valence-electron chi connectivity index (χ1n) is 8.53. The van der Waals surface area contributed by atoms with E-state index in [-0.39, 0.29) is 5.91 Å². The van der Waals surface area contributed by atoms with Gasteiger partial charge in [-0.2, -0.15) is 11.8 Å². The average Bonchev–Trinajstić information content (AvgIpc) is 2.63. The van der Waals surface area contributed by atoms with E-state index in [1.165, 1.54) is 0 Å². The van der Waals surface area contributed by atoms with Crippen LogP contribution in [0.3, 0.4) is 0 Å². The van der Waals surface area contributed by atoms with Gasteiger partial charge in [-0.3, -0.25) is 9.10 Å². The summed E-state index contributed by atoms with van der Waals surface area (Å²) in [6.45, 7) is 2.01. The SMILES string of the molecule is CC(C(=O)NCCSCc1ccc(Cl)cc1)N(c1ccc(Cl)cc1)S(C)(=O)=O. The number of benzene rings is 2. The quantitative estimate of drug-likeness (QED) is 0.569. The minimum atomic E-state index is -3.64. The first-order chi connectivity index (χ1) is 13.2. The predicted molar refractivity (Wildman–Crippen MR) is 119 cm³/mol. The Balaban J connectivity index is 1.88. The lowest BCUT2D eigenvalue weighted by atomic mass is 10.2. The van der Waals surface area contributed by atoms with E-state index in [2.05, 4.69) is 5.32 Å². The Morgan fingerprint density at radius 1 is 1.07 bits per heavy atom. The van der Waals surface area contributed by atoms with Crippen LogP contribution < -0.4 is 9.62 Å². The summed E-state index contributed by atoms with van der Waals surface area (Å²) in [5.74, 6) is 1.16. The molecule has 0 spiro atoms. The van der Waals surface area contributed by atoms with Crippen LogP contribution in [0.2, 0.25) is 10.0 Å². The van der Waals surface area contributed by atoms with E-state index in [1.807, 2.05) is 24.3 Å². The van der Waals surface area contributed by atoms with Crippen molar-refractivity contribution in [2.75, 3.05) is 22.9 Å². The summed E-state index contributed by atoms with van der Waals surface area (Å²) in [5.41, 5.74) is 1.55. The summed E-state index contributed by atoms with van der Waals surface area (Å²) in [4.78, 5) is 12.5. The van der Waals surface area contributed by atoms with E-state index in [1.54, 1.807) is 43.0 Å². The number of thioether (sulfide) groups is 1. The lowest BCUT2D eigenvalue weighted by molar-refractivity contribution is -0.121. The van der Waals surface area contributed by atoms with Gasteiger partial charge in [0.25, 0.3) is 0 Å². The summed E-state index contributed by atoms with van der Waals surface area (Å²) in [6, 6.07) is 13.1. The van der Waals surface area contributed by atoms with Gasteiger partial charge < -0.3 is 5.32 Å². The summed E-state index contributed by atoms with van der Waals surface area (Å²) < 4.78 is 25.5. The molecule has 0 saturated carbocycles. The molecule has 1 amide bonds. The van der Waals surface area contributed by atoms with Gasteiger partial charge in [-0.15, -0.1) is 0 Å². The van der Waals surface area contributed by atoms with E-state index in [4.69, 9.17) is 23.2 Å². The van der Waals surface area contributed by atoms with Crippen LogP contribution >= 0.6 is 35.0 Å². The Bertz CT molecular complexity index is 888. The number of halogens is 2. The zero-order valence-corrected chi connectivity index (χ0v) is 18.7. The van der Waals surface area contributed by atoms with E-state index in [9.17, 15) is 13.2 Å². The fourth-order valence-electron chi connectivity index (χ4n) is 2.56. The zero-order chi connectivity index (χ0) is 20.7. The maximum Gasteiger partial charge on any atom is 0.243 e. The largest absolute Gasteiger partial charge is 0.353 e. The highest BCUT2D eigenvalue weighted by Crippen LogP contribution is 2.23. The van der Waals surface area contributed by atoms with Crippen molar-refractivity contribution < 1.29 is 13.2 Å². The molecule has 2 aromatic rings. The van der Waals surface area contributed by atoms with Crippen molar-refractivity contribution >= 4 is 56.6 Å². The molecule has 0 fully saturated rings. The van der Waals surface area contributed by atoms with Crippen molar-refractivity contribution in [2.24, 2.45) is 0 Å². The minimum Gasteiger partial charge on any atom is -0.353 e. The molecule has 0 aliphatic carbocycles. The van der Waals surface area contributed by atoms with Crippen LogP contribution in [-0.4, -0.2) is 38.9 Å². The summed E-state index contributed by atoms with van der Waals surface area (Å²) >= 11 is 13.4. The molecule has 0 heterocycles. The number of nitrogens with zero attached hydrogens (tertiary/aromatic N) is 1. The molecular weight excluding hydrogens is 439 g/mol. The molecular formula is C19H22Cl2N2O3S2. The number of amides is 1. The number of carbonyl (C=O) groups is 1. The van der Waals surface area contributed by atoms with Crippen molar-refractivity contribution in [3.05, 3.63) is 64.1 Å².